The van der Waals surface area contributed by atoms with Crippen molar-refractivity contribution in [3.63, 3.8) is 0 Å². The zero-order valence-electron chi connectivity index (χ0n) is 7.99. The first-order chi connectivity index (χ1) is 6.60. The molecule has 1 rings (SSSR count). The maximum Gasteiger partial charge on any atom is 0.348 e. The zero-order chi connectivity index (χ0) is 10.6. The monoisotopic (exact) mass is 198 g/mol. The largest absolute Gasteiger partial charge is 0.478 e. The van der Waals surface area contributed by atoms with Crippen molar-refractivity contribution in [2.45, 2.75) is 37.7 Å². The van der Waals surface area contributed by atoms with Crippen molar-refractivity contribution >= 4 is 11.9 Å². The molecule has 1 saturated carbocycles. The number of carboxylic acids is 1. The molecule has 1 aliphatic rings. The molecule has 0 aromatic rings. The van der Waals surface area contributed by atoms with Gasteiger partial charge >= 0.3 is 11.9 Å². The molecule has 14 heavy (non-hydrogen) atoms. The number of ether oxygens (including phenoxy) is 1. The Morgan fingerprint density at radius 2 is 1.86 bits per heavy atom. The predicted octanol–water partition coefficient (Wildman–Crippen LogP) is 1.50. The molecule has 0 aliphatic heterocycles. The molecule has 1 N–H and O–H groups in total. The molecule has 0 saturated heterocycles. The van der Waals surface area contributed by atoms with Crippen LogP contribution in [0.15, 0.2) is 12.7 Å². The lowest BCUT2D eigenvalue weighted by atomic mass is 9.84. The fourth-order valence-electron chi connectivity index (χ4n) is 1.72. The molecule has 0 bridgehead atoms. The summed E-state index contributed by atoms with van der Waals surface area (Å²) in [7, 11) is 0. The van der Waals surface area contributed by atoms with Gasteiger partial charge in [-0.2, -0.15) is 0 Å². The summed E-state index contributed by atoms with van der Waals surface area (Å²) in [5.74, 6) is -1.71. The van der Waals surface area contributed by atoms with Crippen molar-refractivity contribution in [3.8, 4) is 0 Å². The van der Waals surface area contributed by atoms with Crippen LogP contribution in [0.2, 0.25) is 0 Å². The van der Waals surface area contributed by atoms with E-state index in [1.807, 2.05) is 0 Å². The van der Waals surface area contributed by atoms with Crippen LogP contribution < -0.4 is 0 Å². The molecule has 0 amide bonds. The third-order valence-electron chi connectivity index (χ3n) is 2.51. The van der Waals surface area contributed by atoms with E-state index in [0.29, 0.717) is 12.8 Å². The second kappa shape index (κ2) is 4.26. The Morgan fingerprint density at radius 1 is 1.29 bits per heavy atom. The summed E-state index contributed by atoms with van der Waals surface area (Å²) >= 11 is 0. The average molecular weight is 198 g/mol. The van der Waals surface area contributed by atoms with Crippen LogP contribution in [0.4, 0.5) is 0 Å². The van der Waals surface area contributed by atoms with Crippen LogP contribution in [0, 0.1) is 0 Å². The molecular weight excluding hydrogens is 184 g/mol. The quantitative estimate of drug-likeness (QED) is 0.551. The highest BCUT2D eigenvalue weighted by Crippen LogP contribution is 2.32. The van der Waals surface area contributed by atoms with Gasteiger partial charge in [-0.3, -0.25) is 0 Å². The van der Waals surface area contributed by atoms with Crippen LogP contribution >= 0.6 is 0 Å². The van der Waals surface area contributed by atoms with E-state index in [9.17, 15) is 9.59 Å². The second-order valence-electron chi connectivity index (χ2n) is 3.49. The molecule has 1 aliphatic carbocycles. The minimum absolute atomic E-state index is 0.405. The Morgan fingerprint density at radius 3 is 2.29 bits per heavy atom. The van der Waals surface area contributed by atoms with E-state index in [-0.39, 0.29) is 0 Å². The van der Waals surface area contributed by atoms with Gasteiger partial charge in [-0.25, -0.2) is 9.59 Å². The van der Waals surface area contributed by atoms with Crippen LogP contribution in [0.3, 0.4) is 0 Å². The van der Waals surface area contributed by atoms with Gasteiger partial charge in [0.2, 0.25) is 5.60 Å². The molecular formula is C10H14O4. The number of carbonyl (C=O) groups excluding carboxylic acids is 1. The van der Waals surface area contributed by atoms with Gasteiger partial charge < -0.3 is 9.84 Å². The SMILES string of the molecule is C=CC(=O)OC1(C(=O)O)CCCCC1. The van der Waals surface area contributed by atoms with Crippen LogP contribution in [-0.2, 0) is 14.3 Å². The van der Waals surface area contributed by atoms with E-state index < -0.39 is 17.5 Å². The third-order valence-corrected chi connectivity index (χ3v) is 2.51. The predicted molar refractivity (Wildman–Crippen MR) is 49.7 cm³/mol. The summed E-state index contributed by atoms with van der Waals surface area (Å²) in [5.41, 5.74) is -1.30. The molecule has 0 unspecified atom stereocenters. The number of hydrogen-bond acceptors (Lipinski definition) is 3. The van der Waals surface area contributed by atoms with Gasteiger partial charge in [0.25, 0.3) is 0 Å². The minimum atomic E-state index is -1.30. The molecule has 0 heterocycles. The van der Waals surface area contributed by atoms with E-state index in [0.717, 1.165) is 25.3 Å². The molecule has 0 spiro atoms. The molecule has 0 radical (unpaired) electrons. The molecule has 0 aromatic carbocycles. The average Bonchev–Trinajstić information content (AvgIpc) is 2.19. The van der Waals surface area contributed by atoms with Crippen LogP contribution in [-0.4, -0.2) is 22.6 Å². The Labute approximate surface area is 82.6 Å². The Kier molecular flexibility index (Phi) is 3.28. The Hall–Kier alpha value is -1.32. The highest BCUT2D eigenvalue weighted by molar-refractivity contribution is 5.86. The smallest absolute Gasteiger partial charge is 0.348 e. The van der Waals surface area contributed by atoms with Crippen LogP contribution in [0.1, 0.15) is 32.1 Å². The molecule has 0 atom stereocenters. The number of aliphatic carboxylic acids is 1. The maximum absolute atomic E-state index is 11.0. The van der Waals surface area contributed by atoms with E-state index in [4.69, 9.17) is 9.84 Å². The first kappa shape index (κ1) is 10.8. The zero-order valence-corrected chi connectivity index (χ0v) is 7.99. The molecule has 4 nitrogen and oxygen atoms in total. The van der Waals surface area contributed by atoms with Crippen molar-refractivity contribution in [1.82, 2.24) is 0 Å². The van der Waals surface area contributed by atoms with Crippen LogP contribution in [0.5, 0.6) is 0 Å². The van der Waals surface area contributed by atoms with E-state index in [1.54, 1.807) is 0 Å². The van der Waals surface area contributed by atoms with E-state index in [1.165, 1.54) is 0 Å². The number of carbonyl (C=O) groups is 2. The molecule has 4 heteroatoms. The van der Waals surface area contributed by atoms with E-state index in [2.05, 4.69) is 6.58 Å². The Balaban J connectivity index is 2.75. The summed E-state index contributed by atoms with van der Waals surface area (Å²) in [6.07, 6.45) is 4.39. The number of rotatable bonds is 3. The summed E-state index contributed by atoms with van der Waals surface area (Å²) in [6.45, 7) is 3.25. The van der Waals surface area contributed by atoms with E-state index >= 15 is 0 Å². The van der Waals surface area contributed by atoms with Gasteiger partial charge in [-0.05, 0) is 25.7 Å². The van der Waals surface area contributed by atoms with Crippen molar-refractivity contribution < 1.29 is 19.4 Å². The first-order valence-electron chi connectivity index (χ1n) is 4.69. The standard InChI is InChI=1S/C10H14O4/c1-2-8(11)14-10(9(12)13)6-4-3-5-7-10/h2H,1,3-7H2,(H,12,13). The highest BCUT2D eigenvalue weighted by Gasteiger charge is 2.43. The molecule has 78 valence electrons. The summed E-state index contributed by atoms with van der Waals surface area (Å²) in [5, 5.41) is 9.02. The molecule has 1 fully saturated rings. The summed E-state index contributed by atoms with van der Waals surface area (Å²) in [6, 6.07) is 0. The lowest BCUT2D eigenvalue weighted by Crippen LogP contribution is -2.44. The van der Waals surface area contributed by atoms with Crippen molar-refractivity contribution in [3.05, 3.63) is 12.7 Å². The van der Waals surface area contributed by atoms with Crippen molar-refractivity contribution in [1.29, 1.82) is 0 Å². The number of hydrogen-bond donors (Lipinski definition) is 1. The third kappa shape index (κ3) is 2.13. The fourth-order valence-corrected chi connectivity index (χ4v) is 1.72. The fraction of sp³-hybridized carbons (Fsp3) is 0.600. The summed E-state index contributed by atoms with van der Waals surface area (Å²) < 4.78 is 4.93. The van der Waals surface area contributed by atoms with Crippen LogP contribution in [0.25, 0.3) is 0 Å². The van der Waals surface area contributed by atoms with Gasteiger partial charge in [-0.1, -0.05) is 13.0 Å². The van der Waals surface area contributed by atoms with Crippen molar-refractivity contribution in [2.75, 3.05) is 0 Å². The van der Waals surface area contributed by atoms with Gasteiger partial charge in [0.1, 0.15) is 0 Å². The first-order valence-corrected chi connectivity index (χ1v) is 4.69. The maximum atomic E-state index is 11.0. The second-order valence-corrected chi connectivity index (χ2v) is 3.49. The van der Waals surface area contributed by atoms with Gasteiger partial charge in [0, 0.05) is 6.08 Å². The minimum Gasteiger partial charge on any atom is -0.478 e. The van der Waals surface area contributed by atoms with Gasteiger partial charge in [0.15, 0.2) is 0 Å². The summed E-state index contributed by atoms with van der Waals surface area (Å²) in [4.78, 5) is 22.0. The lowest BCUT2D eigenvalue weighted by molar-refractivity contribution is -0.179. The number of esters is 1. The Bertz CT molecular complexity index is 251. The topological polar surface area (TPSA) is 63.6 Å². The van der Waals surface area contributed by atoms with Gasteiger partial charge in [0.05, 0.1) is 0 Å². The molecule has 0 aromatic heterocycles. The van der Waals surface area contributed by atoms with Crippen molar-refractivity contribution in [2.24, 2.45) is 0 Å². The highest BCUT2D eigenvalue weighted by atomic mass is 16.6. The number of carboxylic acid groups (broad SMARTS) is 1. The normalized spacial score (nSPS) is 19.7. The van der Waals surface area contributed by atoms with Gasteiger partial charge in [-0.15, -0.1) is 0 Å². The lowest BCUT2D eigenvalue weighted by Gasteiger charge is -2.32.